The largest absolute Gasteiger partial charge is 0.351 e. The van der Waals surface area contributed by atoms with Gasteiger partial charge in [-0.25, -0.2) is 4.98 Å². The molecule has 1 aromatic rings. The minimum atomic E-state index is 0. The van der Waals surface area contributed by atoms with Crippen molar-refractivity contribution in [3.8, 4) is 0 Å². The Hall–Kier alpha value is 0.483. The van der Waals surface area contributed by atoms with Gasteiger partial charge in [-0.2, -0.15) is 0 Å². The van der Waals surface area contributed by atoms with Crippen LogP contribution in [0.3, 0.4) is 0 Å². The Balaban J connectivity index is 0.000000250. The molecule has 0 aliphatic heterocycles. The van der Waals surface area contributed by atoms with Crippen LogP contribution < -0.4 is 0 Å². The van der Waals surface area contributed by atoms with Crippen LogP contribution in [0.4, 0.5) is 0 Å². The van der Waals surface area contributed by atoms with Gasteiger partial charge in [0, 0.05) is 50.6 Å². The summed E-state index contributed by atoms with van der Waals surface area (Å²) in [6, 6.07) is 0. The van der Waals surface area contributed by atoms with E-state index in [0.29, 0.717) is 0 Å². The van der Waals surface area contributed by atoms with Gasteiger partial charge in [-0.1, -0.05) is 0 Å². The number of nitrogens with zero attached hydrogens (tertiary/aromatic N) is 1. The van der Waals surface area contributed by atoms with Crippen molar-refractivity contribution in [1.82, 2.24) is 9.97 Å². The van der Waals surface area contributed by atoms with Crippen molar-refractivity contribution in [2.45, 2.75) is 0 Å². The number of rotatable bonds is 0. The minimum Gasteiger partial charge on any atom is -0.351 e. The smallest absolute Gasteiger partial charge is 0.0919 e. The van der Waals surface area contributed by atoms with Gasteiger partial charge in [-0.3, -0.25) is 0 Å². The molecule has 1 rings (SSSR count). The van der Waals surface area contributed by atoms with Gasteiger partial charge < -0.3 is 4.98 Å². The molecule has 0 amide bonds. The average molecular weight is 231 g/mol. The van der Waals surface area contributed by atoms with Crippen LogP contribution in [0.2, 0.25) is 0 Å². The summed E-state index contributed by atoms with van der Waals surface area (Å²) in [5.74, 6) is 0. The van der Waals surface area contributed by atoms with E-state index in [2.05, 4.69) is 9.97 Å². The molecule has 0 fully saturated rings. The minimum absolute atomic E-state index is 0. The fourth-order valence-corrected chi connectivity index (χ4v) is 0.215. The summed E-state index contributed by atoms with van der Waals surface area (Å²) in [6.45, 7) is 0. The molecule has 0 radical (unpaired) electrons. The van der Waals surface area contributed by atoms with Crippen molar-refractivity contribution in [2.75, 3.05) is 0 Å². The normalized spacial score (nSPS) is 6.67. The van der Waals surface area contributed by atoms with E-state index in [1.165, 1.54) is 0 Å². The first-order valence-electron chi connectivity index (χ1n) is 1.43. The van der Waals surface area contributed by atoms with E-state index in [4.69, 9.17) is 0 Å². The number of aromatic amines is 1. The molecule has 0 aliphatic carbocycles. The standard InChI is InChI=1S/C3H4N2.Dy/c1-2-5-3-4-1;/h1-3H,(H,4,5);. The third-order valence-corrected chi connectivity index (χ3v) is 0.406. The van der Waals surface area contributed by atoms with Crippen molar-refractivity contribution >= 4 is 0 Å². The molecule has 0 saturated heterocycles. The van der Waals surface area contributed by atoms with Gasteiger partial charge in [0.15, 0.2) is 0 Å². The summed E-state index contributed by atoms with van der Waals surface area (Å²) < 4.78 is 0. The third kappa shape index (κ3) is 1.81. The van der Waals surface area contributed by atoms with Crippen LogP contribution in [0.5, 0.6) is 0 Å². The zero-order valence-electron chi connectivity index (χ0n) is 3.00. The van der Waals surface area contributed by atoms with E-state index in [1.807, 2.05) is 0 Å². The molecule has 36 valence electrons. The van der Waals surface area contributed by atoms with Crippen LogP contribution in [0.25, 0.3) is 0 Å². The van der Waals surface area contributed by atoms with E-state index in [0.717, 1.165) is 0 Å². The fourth-order valence-electron chi connectivity index (χ4n) is 0.215. The van der Waals surface area contributed by atoms with Gasteiger partial charge in [-0.15, -0.1) is 0 Å². The van der Waals surface area contributed by atoms with Gasteiger partial charge in [0.2, 0.25) is 0 Å². The van der Waals surface area contributed by atoms with Gasteiger partial charge in [-0.05, 0) is 0 Å². The quantitative estimate of drug-likeness (QED) is 0.687. The molecule has 0 saturated carbocycles. The number of imidazole rings is 1. The Morgan fingerprint density at radius 1 is 1.50 bits per heavy atom. The van der Waals surface area contributed by atoms with Crippen LogP contribution in [0.15, 0.2) is 18.7 Å². The maximum Gasteiger partial charge on any atom is 0.0919 e. The Morgan fingerprint density at radius 3 is 2.50 bits per heavy atom. The van der Waals surface area contributed by atoms with Gasteiger partial charge >= 0.3 is 0 Å². The molecule has 0 aliphatic rings. The number of hydrogen-bond donors (Lipinski definition) is 1. The summed E-state index contributed by atoms with van der Waals surface area (Å²) in [5, 5.41) is 0. The summed E-state index contributed by atoms with van der Waals surface area (Å²) in [5.41, 5.74) is 0. The third-order valence-electron chi connectivity index (χ3n) is 0.406. The molecular formula is C3H4DyN2. The summed E-state index contributed by atoms with van der Waals surface area (Å²) >= 11 is 0. The molecule has 0 spiro atoms. The summed E-state index contributed by atoms with van der Waals surface area (Å²) in [6.07, 6.45) is 5.08. The van der Waals surface area contributed by atoms with E-state index in [-0.39, 0.29) is 38.2 Å². The molecule has 6 heavy (non-hydrogen) atoms. The molecule has 1 aromatic heterocycles. The zero-order valence-corrected chi connectivity index (χ0v) is 5.02. The first kappa shape index (κ1) is 6.48. The second-order valence-electron chi connectivity index (χ2n) is 0.761. The number of hydrogen-bond acceptors (Lipinski definition) is 1. The predicted octanol–water partition coefficient (Wildman–Crippen LogP) is 0.410. The fraction of sp³-hybridized carbons (Fsp3) is 0. The van der Waals surface area contributed by atoms with Crippen LogP contribution in [0.1, 0.15) is 0 Å². The molecule has 0 atom stereocenters. The summed E-state index contributed by atoms with van der Waals surface area (Å²) in [4.78, 5) is 6.42. The SMILES string of the molecule is [Dy].c1c[nH]cn1. The molecule has 1 N–H and O–H groups in total. The Labute approximate surface area is 66.4 Å². The molecule has 1 heterocycles. The van der Waals surface area contributed by atoms with Crippen molar-refractivity contribution in [3.05, 3.63) is 18.7 Å². The van der Waals surface area contributed by atoms with Crippen molar-refractivity contribution < 1.29 is 38.2 Å². The molecule has 0 bridgehead atoms. The van der Waals surface area contributed by atoms with Crippen LogP contribution in [-0.2, 0) is 0 Å². The van der Waals surface area contributed by atoms with Gasteiger partial charge in [0.25, 0.3) is 0 Å². The molecule has 0 aromatic carbocycles. The van der Waals surface area contributed by atoms with Crippen molar-refractivity contribution in [2.24, 2.45) is 0 Å². The maximum atomic E-state index is 3.67. The van der Waals surface area contributed by atoms with Gasteiger partial charge in [0.05, 0.1) is 6.33 Å². The predicted molar refractivity (Wildman–Crippen MR) is 18.6 cm³/mol. The summed E-state index contributed by atoms with van der Waals surface area (Å²) in [7, 11) is 0. The average Bonchev–Trinajstić information content (AvgIpc) is 1.76. The van der Waals surface area contributed by atoms with Gasteiger partial charge in [0.1, 0.15) is 0 Å². The first-order valence-corrected chi connectivity index (χ1v) is 1.43. The number of aromatic nitrogens is 2. The second kappa shape index (κ2) is 3.67. The van der Waals surface area contributed by atoms with Crippen LogP contribution >= 0.6 is 0 Å². The molecule has 2 nitrogen and oxygen atoms in total. The topological polar surface area (TPSA) is 28.7 Å². The molecular weight excluding hydrogens is 227 g/mol. The number of H-pyrrole nitrogens is 1. The zero-order chi connectivity index (χ0) is 3.54. The number of nitrogens with one attached hydrogen (secondary N) is 1. The van der Waals surface area contributed by atoms with Crippen molar-refractivity contribution in [3.63, 3.8) is 0 Å². The van der Waals surface area contributed by atoms with Crippen molar-refractivity contribution in [1.29, 1.82) is 0 Å². The Bertz CT molecular complexity index is 65.3. The Kier molecular flexibility index (Phi) is 3.96. The molecule has 0 unspecified atom stereocenters. The van der Waals surface area contributed by atoms with E-state index in [1.54, 1.807) is 18.7 Å². The van der Waals surface area contributed by atoms with E-state index in [9.17, 15) is 0 Å². The van der Waals surface area contributed by atoms with Crippen LogP contribution in [0, 0.1) is 38.2 Å². The first-order chi connectivity index (χ1) is 2.50. The van der Waals surface area contributed by atoms with E-state index >= 15 is 0 Å². The van der Waals surface area contributed by atoms with E-state index < -0.39 is 0 Å². The molecule has 3 heteroatoms. The van der Waals surface area contributed by atoms with Crippen LogP contribution in [-0.4, -0.2) is 9.97 Å². The maximum absolute atomic E-state index is 3.67. The second-order valence-corrected chi connectivity index (χ2v) is 0.761. The Morgan fingerprint density at radius 2 is 2.33 bits per heavy atom. The monoisotopic (exact) mass is 232 g/mol.